The van der Waals surface area contributed by atoms with Crippen LogP contribution in [0.3, 0.4) is 0 Å². The summed E-state index contributed by atoms with van der Waals surface area (Å²) < 4.78 is 22.6. The van der Waals surface area contributed by atoms with Crippen molar-refractivity contribution in [3.63, 3.8) is 0 Å². The highest BCUT2D eigenvalue weighted by atomic mass is 19.1. The monoisotopic (exact) mass is 256 g/mol. The van der Waals surface area contributed by atoms with E-state index in [1.807, 2.05) is 0 Å². The molecular weight excluding hydrogens is 243 g/mol. The SMILES string of the molecule is O=C(OC[C@H]1O[C@@H](O)[C@H](F)C1O)c1ccccc1. The van der Waals surface area contributed by atoms with Crippen molar-refractivity contribution in [3.8, 4) is 0 Å². The van der Waals surface area contributed by atoms with Crippen molar-refractivity contribution in [2.75, 3.05) is 6.61 Å². The van der Waals surface area contributed by atoms with Crippen molar-refractivity contribution in [1.29, 1.82) is 0 Å². The van der Waals surface area contributed by atoms with E-state index in [0.29, 0.717) is 5.56 Å². The van der Waals surface area contributed by atoms with Gasteiger partial charge in [-0.1, -0.05) is 18.2 Å². The number of ether oxygens (including phenoxy) is 2. The second kappa shape index (κ2) is 5.43. The summed E-state index contributed by atoms with van der Waals surface area (Å²) in [7, 11) is 0. The molecule has 2 N–H and O–H groups in total. The Hall–Kier alpha value is -1.50. The average molecular weight is 256 g/mol. The molecule has 1 aliphatic heterocycles. The van der Waals surface area contributed by atoms with Crippen LogP contribution in [0.1, 0.15) is 10.4 Å². The van der Waals surface area contributed by atoms with E-state index >= 15 is 0 Å². The van der Waals surface area contributed by atoms with Gasteiger partial charge in [0, 0.05) is 0 Å². The highest BCUT2D eigenvalue weighted by molar-refractivity contribution is 5.89. The summed E-state index contributed by atoms with van der Waals surface area (Å²) in [5.41, 5.74) is 0.349. The number of hydrogen-bond donors (Lipinski definition) is 2. The highest BCUT2D eigenvalue weighted by Gasteiger charge is 2.43. The van der Waals surface area contributed by atoms with E-state index in [0.717, 1.165) is 0 Å². The fourth-order valence-electron chi connectivity index (χ4n) is 1.66. The molecule has 2 rings (SSSR count). The Bertz CT molecular complexity index is 410. The van der Waals surface area contributed by atoms with E-state index < -0.39 is 30.6 Å². The molecule has 0 aromatic heterocycles. The maximum Gasteiger partial charge on any atom is 0.338 e. The van der Waals surface area contributed by atoms with Gasteiger partial charge in [-0.2, -0.15) is 0 Å². The first kappa shape index (κ1) is 12.9. The molecule has 98 valence electrons. The van der Waals surface area contributed by atoms with Crippen LogP contribution in [0.4, 0.5) is 4.39 Å². The van der Waals surface area contributed by atoms with Crippen LogP contribution in [0.5, 0.6) is 0 Å². The predicted molar refractivity (Wildman–Crippen MR) is 58.5 cm³/mol. The standard InChI is InChI=1S/C12H13FO5/c13-9-10(14)8(18-12(9)16)6-17-11(15)7-4-2-1-3-5-7/h1-5,8-10,12,14,16H,6H2/t8-,9-,10?,12-/m1/s1. The van der Waals surface area contributed by atoms with Gasteiger partial charge in [-0.15, -0.1) is 0 Å². The summed E-state index contributed by atoms with van der Waals surface area (Å²) in [4.78, 5) is 11.6. The number of esters is 1. The Balaban J connectivity index is 1.88. The number of carbonyl (C=O) groups excluding carboxylic acids is 1. The molecule has 0 spiro atoms. The Morgan fingerprint density at radius 2 is 2.00 bits per heavy atom. The number of halogens is 1. The largest absolute Gasteiger partial charge is 0.459 e. The van der Waals surface area contributed by atoms with Gasteiger partial charge in [0.2, 0.25) is 0 Å². The summed E-state index contributed by atoms with van der Waals surface area (Å²) in [6, 6.07) is 8.25. The first-order valence-electron chi connectivity index (χ1n) is 5.47. The van der Waals surface area contributed by atoms with Crippen LogP contribution in [0.25, 0.3) is 0 Å². The fourth-order valence-corrected chi connectivity index (χ4v) is 1.66. The second-order valence-corrected chi connectivity index (χ2v) is 3.96. The molecule has 1 fully saturated rings. The molecule has 0 saturated carbocycles. The molecule has 4 atom stereocenters. The van der Waals surface area contributed by atoms with Crippen molar-refractivity contribution in [2.24, 2.45) is 0 Å². The summed E-state index contributed by atoms with van der Waals surface area (Å²) >= 11 is 0. The summed E-state index contributed by atoms with van der Waals surface area (Å²) in [5, 5.41) is 18.4. The number of alkyl halides is 1. The summed E-state index contributed by atoms with van der Waals surface area (Å²) in [5.74, 6) is -0.594. The molecule has 1 saturated heterocycles. The van der Waals surface area contributed by atoms with Crippen LogP contribution in [0.15, 0.2) is 30.3 Å². The van der Waals surface area contributed by atoms with E-state index in [9.17, 15) is 14.3 Å². The second-order valence-electron chi connectivity index (χ2n) is 3.96. The van der Waals surface area contributed by atoms with Crippen LogP contribution >= 0.6 is 0 Å². The Morgan fingerprint density at radius 1 is 1.33 bits per heavy atom. The number of carbonyl (C=O) groups is 1. The lowest BCUT2D eigenvalue weighted by molar-refractivity contribution is -0.122. The van der Waals surface area contributed by atoms with Gasteiger partial charge in [-0.25, -0.2) is 9.18 Å². The molecule has 0 amide bonds. The topological polar surface area (TPSA) is 76.0 Å². The van der Waals surface area contributed by atoms with E-state index in [4.69, 9.17) is 14.6 Å². The molecule has 1 heterocycles. The van der Waals surface area contributed by atoms with Gasteiger partial charge < -0.3 is 19.7 Å². The van der Waals surface area contributed by atoms with Crippen molar-refractivity contribution < 1.29 is 28.9 Å². The zero-order valence-electron chi connectivity index (χ0n) is 9.40. The third-order valence-electron chi connectivity index (χ3n) is 2.68. The van der Waals surface area contributed by atoms with E-state index in [1.54, 1.807) is 30.3 Å². The van der Waals surface area contributed by atoms with Crippen molar-refractivity contribution in [3.05, 3.63) is 35.9 Å². The zero-order chi connectivity index (χ0) is 13.1. The molecule has 18 heavy (non-hydrogen) atoms. The number of hydrogen-bond acceptors (Lipinski definition) is 5. The van der Waals surface area contributed by atoms with Crippen LogP contribution in [-0.2, 0) is 9.47 Å². The normalized spacial score (nSPS) is 31.3. The molecule has 6 heteroatoms. The molecule has 1 unspecified atom stereocenters. The zero-order valence-corrected chi connectivity index (χ0v) is 9.40. The lowest BCUT2D eigenvalue weighted by atomic mass is 10.2. The number of benzene rings is 1. The van der Waals surface area contributed by atoms with Crippen molar-refractivity contribution >= 4 is 5.97 Å². The average Bonchev–Trinajstić information content (AvgIpc) is 2.64. The van der Waals surface area contributed by atoms with Crippen LogP contribution in [-0.4, -0.2) is 47.5 Å². The first-order valence-corrected chi connectivity index (χ1v) is 5.47. The van der Waals surface area contributed by atoms with Gasteiger partial charge in [-0.3, -0.25) is 0 Å². The quantitative estimate of drug-likeness (QED) is 0.759. The third kappa shape index (κ3) is 2.66. The molecular formula is C12H13FO5. The summed E-state index contributed by atoms with van der Waals surface area (Å²) in [6.45, 7) is -0.313. The van der Waals surface area contributed by atoms with Crippen LogP contribution in [0.2, 0.25) is 0 Å². The van der Waals surface area contributed by atoms with Crippen LogP contribution in [0, 0.1) is 0 Å². The minimum atomic E-state index is -1.88. The van der Waals surface area contributed by atoms with E-state index in [2.05, 4.69) is 0 Å². The highest BCUT2D eigenvalue weighted by Crippen LogP contribution is 2.22. The van der Waals surface area contributed by atoms with E-state index in [1.165, 1.54) is 0 Å². The van der Waals surface area contributed by atoms with Crippen molar-refractivity contribution in [1.82, 2.24) is 0 Å². The first-order chi connectivity index (χ1) is 8.59. The van der Waals surface area contributed by atoms with Gasteiger partial charge >= 0.3 is 5.97 Å². The van der Waals surface area contributed by atoms with Gasteiger partial charge in [-0.05, 0) is 12.1 Å². The smallest absolute Gasteiger partial charge is 0.338 e. The maximum absolute atomic E-state index is 13.0. The molecule has 5 nitrogen and oxygen atoms in total. The van der Waals surface area contributed by atoms with Gasteiger partial charge in [0.25, 0.3) is 0 Å². The molecule has 1 aliphatic rings. The minimum absolute atomic E-state index is 0.313. The third-order valence-corrected chi connectivity index (χ3v) is 2.68. The van der Waals surface area contributed by atoms with Crippen molar-refractivity contribution in [2.45, 2.75) is 24.7 Å². The summed E-state index contributed by atoms with van der Waals surface area (Å²) in [6.07, 6.45) is -6.11. The molecule has 0 aliphatic carbocycles. The van der Waals surface area contributed by atoms with E-state index in [-0.39, 0.29) is 6.61 Å². The predicted octanol–water partition coefficient (Wildman–Crippen LogP) is 0.260. The van der Waals surface area contributed by atoms with Gasteiger partial charge in [0.1, 0.15) is 18.8 Å². The number of aliphatic hydroxyl groups is 2. The lowest BCUT2D eigenvalue weighted by Crippen LogP contribution is -2.32. The Labute approximate surface area is 103 Å². The Morgan fingerprint density at radius 3 is 2.56 bits per heavy atom. The van der Waals surface area contributed by atoms with Gasteiger partial charge in [0.05, 0.1) is 5.56 Å². The lowest BCUT2D eigenvalue weighted by Gasteiger charge is -2.13. The fraction of sp³-hybridized carbons (Fsp3) is 0.417. The maximum atomic E-state index is 13.0. The number of rotatable bonds is 3. The van der Waals surface area contributed by atoms with Gasteiger partial charge in [0.15, 0.2) is 12.5 Å². The number of aliphatic hydroxyl groups excluding tert-OH is 2. The molecule has 1 aromatic rings. The Kier molecular flexibility index (Phi) is 3.90. The van der Waals surface area contributed by atoms with Crippen LogP contribution < -0.4 is 0 Å². The molecule has 0 radical (unpaired) electrons. The molecule has 1 aromatic carbocycles. The minimum Gasteiger partial charge on any atom is -0.459 e. The molecule has 0 bridgehead atoms.